The highest BCUT2D eigenvalue weighted by Gasteiger charge is 2.14. The Morgan fingerprint density at radius 1 is 1.37 bits per heavy atom. The summed E-state index contributed by atoms with van der Waals surface area (Å²) in [5.74, 6) is -0.818. The average molecular weight is 319 g/mol. The van der Waals surface area contributed by atoms with Crippen molar-refractivity contribution in [1.82, 2.24) is 4.98 Å². The zero-order chi connectivity index (χ0) is 13.8. The highest BCUT2D eigenvalue weighted by Crippen LogP contribution is 2.28. The lowest BCUT2D eigenvalue weighted by molar-refractivity contribution is 0.0687. The Morgan fingerprint density at radius 3 is 2.84 bits per heavy atom. The lowest BCUT2D eigenvalue weighted by Gasteiger charge is -2.09. The van der Waals surface area contributed by atoms with Crippen LogP contribution >= 0.6 is 15.9 Å². The highest BCUT2D eigenvalue weighted by atomic mass is 79.9. The van der Waals surface area contributed by atoms with Gasteiger partial charge in [0.15, 0.2) is 11.4 Å². The fraction of sp³-hybridized carbons (Fsp3) is 0. The number of hydrogen-bond acceptors (Lipinski definition) is 4. The maximum Gasteiger partial charge on any atom is 0.358 e. The van der Waals surface area contributed by atoms with Crippen molar-refractivity contribution in [2.24, 2.45) is 0 Å². The third kappa shape index (κ3) is 2.89. The molecule has 0 saturated carbocycles. The third-order valence-electron chi connectivity index (χ3n) is 2.26. The topological polar surface area (TPSA) is 83.2 Å². The van der Waals surface area contributed by atoms with Crippen molar-refractivity contribution in [3.05, 3.63) is 52.3 Å². The first-order valence-corrected chi connectivity index (χ1v) is 5.97. The van der Waals surface area contributed by atoms with Gasteiger partial charge in [-0.05, 0) is 30.3 Å². The number of carbonyl (C=O) groups is 1. The van der Waals surface area contributed by atoms with E-state index in [1.54, 1.807) is 24.3 Å². The zero-order valence-corrected chi connectivity index (χ0v) is 11.1. The Labute approximate surface area is 117 Å². The molecule has 1 aromatic heterocycles. The Hall–Kier alpha value is -2.39. The van der Waals surface area contributed by atoms with E-state index in [-0.39, 0.29) is 17.2 Å². The van der Waals surface area contributed by atoms with Crippen LogP contribution < -0.4 is 4.74 Å². The molecule has 1 heterocycles. The van der Waals surface area contributed by atoms with Crippen LogP contribution in [0.5, 0.6) is 11.5 Å². The minimum absolute atomic E-state index is 0.0915. The van der Waals surface area contributed by atoms with Crippen LogP contribution in [-0.4, -0.2) is 16.1 Å². The van der Waals surface area contributed by atoms with Crippen LogP contribution in [0.3, 0.4) is 0 Å². The van der Waals surface area contributed by atoms with Crippen molar-refractivity contribution in [2.45, 2.75) is 0 Å². The first-order valence-electron chi connectivity index (χ1n) is 5.17. The Bertz CT molecular complexity index is 680. The molecule has 2 rings (SSSR count). The monoisotopic (exact) mass is 318 g/mol. The first-order chi connectivity index (χ1) is 9.11. The largest absolute Gasteiger partial charge is 0.476 e. The summed E-state index contributed by atoms with van der Waals surface area (Å²) in [7, 11) is 0. The molecule has 0 atom stereocenters. The number of pyridine rings is 1. The van der Waals surface area contributed by atoms with E-state index in [0.29, 0.717) is 5.56 Å². The van der Waals surface area contributed by atoms with Crippen molar-refractivity contribution < 1.29 is 14.6 Å². The number of ether oxygens (including phenoxy) is 1. The molecule has 0 saturated heterocycles. The molecular formula is C13H7BrN2O3. The number of benzene rings is 1. The number of rotatable bonds is 3. The molecule has 2 aromatic rings. The molecular weight excluding hydrogens is 312 g/mol. The molecule has 0 aliphatic carbocycles. The number of aromatic nitrogens is 1. The van der Waals surface area contributed by atoms with E-state index < -0.39 is 5.97 Å². The van der Waals surface area contributed by atoms with Crippen molar-refractivity contribution >= 4 is 21.9 Å². The summed E-state index contributed by atoms with van der Waals surface area (Å²) in [4.78, 5) is 14.7. The Balaban J connectivity index is 2.43. The summed E-state index contributed by atoms with van der Waals surface area (Å²) in [6.45, 7) is 0. The fourth-order valence-electron chi connectivity index (χ4n) is 1.43. The maximum atomic E-state index is 11.0. The molecule has 1 aromatic carbocycles. The normalized spacial score (nSPS) is 9.68. The summed E-state index contributed by atoms with van der Waals surface area (Å²) in [6.07, 6.45) is 1.36. The third-order valence-corrected chi connectivity index (χ3v) is 2.75. The maximum absolute atomic E-state index is 11.0. The van der Waals surface area contributed by atoms with Gasteiger partial charge in [-0.1, -0.05) is 15.9 Å². The molecule has 0 bridgehead atoms. The summed E-state index contributed by atoms with van der Waals surface area (Å²) in [6, 6.07) is 9.91. The van der Waals surface area contributed by atoms with Crippen molar-refractivity contribution in [2.75, 3.05) is 0 Å². The van der Waals surface area contributed by atoms with E-state index in [1.165, 1.54) is 12.3 Å². The minimum Gasteiger partial charge on any atom is -0.476 e. The van der Waals surface area contributed by atoms with Gasteiger partial charge in [0.1, 0.15) is 11.8 Å². The number of halogens is 1. The van der Waals surface area contributed by atoms with E-state index in [2.05, 4.69) is 20.9 Å². The standard InChI is InChI=1S/C13H7BrN2O3/c14-9-3-4-10(8(6-9)7-15)19-11-2-1-5-16-12(11)13(17)18/h1-6H,(H,17,18). The fourth-order valence-corrected chi connectivity index (χ4v) is 1.79. The number of carboxylic acids is 1. The van der Waals surface area contributed by atoms with Crippen molar-refractivity contribution in [1.29, 1.82) is 5.26 Å². The summed E-state index contributed by atoms with van der Waals surface area (Å²) in [5, 5.41) is 18.0. The quantitative estimate of drug-likeness (QED) is 0.939. The zero-order valence-electron chi connectivity index (χ0n) is 9.50. The minimum atomic E-state index is -1.19. The Morgan fingerprint density at radius 2 is 2.16 bits per heavy atom. The SMILES string of the molecule is N#Cc1cc(Br)ccc1Oc1cccnc1C(=O)O. The number of nitriles is 1. The Kier molecular flexibility index (Phi) is 3.78. The smallest absolute Gasteiger partial charge is 0.358 e. The lowest BCUT2D eigenvalue weighted by atomic mass is 10.2. The van der Waals surface area contributed by atoms with Crippen LogP contribution in [0.15, 0.2) is 41.0 Å². The van der Waals surface area contributed by atoms with Gasteiger partial charge in [0, 0.05) is 10.7 Å². The lowest BCUT2D eigenvalue weighted by Crippen LogP contribution is -2.03. The molecule has 19 heavy (non-hydrogen) atoms. The highest BCUT2D eigenvalue weighted by molar-refractivity contribution is 9.10. The molecule has 6 heteroatoms. The summed E-state index contributed by atoms with van der Waals surface area (Å²) in [5.41, 5.74) is 0.101. The van der Waals surface area contributed by atoms with Crippen LogP contribution in [0, 0.1) is 11.3 Å². The second-order valence-electron chi connectivity index (χ2n) is 3.51. The number of hydrogen-bond donors (Lipinski definition) is 1. The van der Waals surface area contributed by atoms with Crippen LogP contribution in [0.2, 0.25) is 0 Å². The van der Waals surface area contributed by atoms with Crippen molar-refractivity contribution in [3.63, 3.8) is 0 Å². The molecule has 0 fully saturated rings. The van der Waals surface area contributed by atoms with Gasteiger partial charge in [-0.25, -0.2) is 9.78 Å². The second kappa shape index (κ2) is 5.50. The van der Waals surface area contributed by atoms with Gasteiger partial charge in [-0.3, -0.25) is 0 Å². The van der Waals surface area contributed by atoms with Gasteiger partial charge >= 0.3 is 5.97 Å². The van der Waals surface area contributed by atoms with Gasteiger partial charge < -0.3 is 9.84 Å². The van der Waals surface area contributed by atoms with Crippen LogP contribution in [-0.2, 0) is 0 Å². The first kappa shape index (κ1) is 13.1. The molecule has 0 aliphatic heterocycles. The number of carboxylic acid groups (broad SMARTS) is 1. The molecule has 1 N–H and O–H groups in total. The predicted molar refractivity (Wildman–Crippen MR) is 70.1 cm³/mol. The van der Waals surface area contributed by atoms with Crippen LogP contribution in [0.25, 0.3) is 0 Å². The molecule has 5 nitrogen and oxygen atoms in total. The van der Waals surface area contributed by atoms with Gasteiger partial charge in [0.05, 0.1) is 5.56 Å². The number of nitrogens with zero attached hydrogens (tertiary/aromatic N) is 2. The molecule has 0 aliphatic rings. The van der Waals surface area contributed by atoms with Crippen LogP contribution in [0.4, 0.5) is 0 Å². The molecule has 0 spiro atoms. The van der Waals surface area contributed by atoms with Crippen molar-refractivity contribution in [3.8, 4) is 17.6 Å². The predicted octanol–water partition coefficient (Wildman–Crippen LogP) is 3.21. The van der Waals surface area contributed by atoms with E-state index >= 15 is 0 Å². The summed E-state index contributed by atoms with van der Waals surface area (Å²) >= 11 is 3.25. The van der Waals surface area contributed by atoms with Crippen LogP contribution in [0.1, 0.15) is 16.1 Å². The van der Waals surface area contributed by atoms with E-state index in [9.17, 15) is 4.79 Å². The molecule has 0 amide bonds. The van der Waals surface area contributed by atoms with Gasteiger partial charge in [-0.15, -0.1) is 0 Å². The van der Waals surface area contributed by atoms with Gasteiger partial charge in [-0.2, -0.15) is 5.26 Å². The molecule has 0 radical (unpaired) electrons. The second-order valence-corrected chi connectivity index (χ2v) is 4.43. The van der Waals surface area contributed by atoms with Gasteiger partial charge in [0.25, 0.3) is 0 Å². The average Bonchev–Trinajstić information content (AvgIpc) is 2.41. The molecule has 94 valence electrons. The van der Waals surface area contributed by atoms with E-state index in [0.717, 1.165) is 4.47 Å². The van der Waals surface area contributed by atoms with E-state index in [1.807, 2.05) is 6.07 Å². The molecule has 0 unspecified atom stereocenters. The summed E-state index contributed by atoms with van der Waals surface area (Å²) < 4.78 is 6.20. The van der Waals surface area contributed by atoms with E-state index in [4.69, 9.17) is 15.1 Å². The van der Waals surface area contributed by atoms with Gasteiger partial charge in [0.2, 0.25) is 0 Å². The number of aromatic carboxylic acids is 1.